The number of hydrogen-bond acceptors (Lipinski definition) is 2. The number of aliphatic hydroxyl groups is 2. The smallest absolute Gasteiger partial charge is 0.0591 e. The van der Waals surface area contributed by atoms with E-state index in [4.69, 9.17) is 0 Å². The Morgan fingerprint density at radius 3 is 2.57 bits per heavy atom. The fraction of sp³-hybridized carbons (Fsp3) is 0.923. The molecule has 4 aliphatic rings. The van der Waals surface area contributed by atoms with E-state index in [1.807, 2.05) is 13.8 Å². The minimum atomic E-state index is -0.505. The van der Waals surface area contributed by atoms with Gasteiger partial charge in [0, 0.05) is 0 Å². The molecular weight excluding hydrogens is 344 g/mol. The summed E-state index contributed by atoms with van der Waals surface area (Å²) in [6.45, 7) is 9.05. The summed E-state index contributed by atoms with van der Waals surface area (Å²) in [5.74, 6) is 3.54. The van der Waals surface area contributed by atoms with Crippen molar-refractivity contribution in [1.29, 1.82) is 0 Å². The van der Waals surface area contributed by atoms with E-state index in [1.165, 1.54) is 57.8 Å². The van der Waals surface area contributed by atoms with Gasteiger partial charge in [0.15, 0.2) is 0 Å². The molecule has 0 aromatic heterocycles. The Labute approximate surface area is 173 Å². The van der Waals surface area contributed by atoms with Crippen LogP contribution in [0.25, 0.3) is 0 Å². The second kappa shape index (κ2) is 7.41. The molecule has 0 heterocycles. The van der Waals surface area contributed by atoms with Crippen LogP contribution < -0.4 is 0 Å². The van der Waals surface area contributed by atoms with Gasteiger partial charge in [0.25, 0.3) is 0 Å². The summed E-state index contributed by atoms with van der Waals surface area (Å²) in [4.78, 5) is 0. The summed E-state index contributed by atoms with van der Waals surface area (Å²) in [7, 11) is 0. The van der Waals surface area contributed by atoms with Crippen molar-refractivity contribution < 1.29 is 10.2 Å². The monoisotopic (exact) mass is 388 g/mol. The summed E-state index contributed by atoms with van der Waals surface area (Å²) in [5.41, 5.74) is 2.01. The van der Waals surface area contributed by atoms with Crippen LogP contribution in [-0.4, -0.2) is 21.9 Å². The number of hydrogen-bond donors (Lipinski definition) is 2. The van der Waals surface area contributed by atoms with E-state index in [1.54, 1.807) is 5.57 Å². The van der Waals surface area contributed by atoms with Crippen LogP contribution in [0.4, 0.5) is 0 Å². The van der Waals surface area contributed by atoms with Crippen molar-refractivity contribution in [2.75, 3.05) is 0 Å². The average molecular weight is 389 g/mol. The van der Waals surface area contributed by atoms with Crippen molar-refractivity contribution in [2.24, 2.45) is 34.5 Å². The quantitative estimate of drug-likeness (QED) is 0.431. The van der Waals surface area contributed by atoms with Crippen LogP contribution in [0.3, 0.4) is 0 Å². The SMILES string of the molecule is CC(C)(O)CCCC[C@H]1CC[C@H]2[C@@H]3CC=C4CC(O)CC[C@]4(C)[C@H]3CC[C@]12C. The molecule has 4 aliphatic carbocycles. The number of allylic oxidation sites excluding steroid dienone is 1. The van der Waals surface area contributed by atoms with Gasteiger partial charge in [-0.3, -0.25) is 0 Å². The molecule has 2 heteroatoms. The maximum atomic E-state index is 10.2. The van der Waals surface area contributed by atoms with Crippen molar-refractivity contribution in [1.82, 2.24) is 0 Å². The zero-order valence-corrected chi connectivity index (χ0v) is 18.8. The highest BCUT2D eigenvalue weighted by Gasteiger charge is 2.58. The van der Waals surface area contributed by atoms with Gasteiger partial charge in [-0.1, -0.05) is 38.3 Å². The van der Waals surface area contributed by atoms with Gasteiger partial charge in [-0.15, -0.1) is 0 Å². The molecule has 0 aromatic rings. The Balaban J connectivity index is 1.43. The molecule has 2 nitrogen and oxygen atoms in total. The van der Waals surface area contributed by atoms with E-state index in [0.717, 1.165) is 42.9 Å². The normalized spacial score (nSPS) is 45.8. The van der Waals surface area contributed by atoms with E-state index in [2.05, 4.69) is 19.9 Å². The molecule has 7 atom stereocenters. The lowest BCUT2D eigenvalue weighted by molar-refractivity contribution is -0.0510. The first-order valence-electron chi connectivity index (χ1n) is 12.2. The van der Waals surface area contributed by atoms with Crippen molar-refractivity contribution >= 4 is 0 Å². The first-order chi connectivity index (χ1) is 13.1. The van der Waals surface area contributed by atoms with Crippen LogP contribution in [0, 0.1) is 34.5 Å². The maximum absolute atomic E-state index is 10.2. The predicted octanol–water partition coefficient (Wildman–Crippen LogP) is 6.26. The summed E-state index contributed by atoms with van der Waals surface area (Å²) in [6.07, 6.45) is 17.3. The molecule has 160 valence electrons. The minimum Gasteiger partial charge on any atom is -0.393 e. The zero-order valence-electron chi connectivity index (χ0n) is 18.8. The van der Waals surface area contributed by atoms with E-state index >= 15 is 0 Å². The summed E-state index contributed by atoms with van der Waals surface area (Å²) in [6, 6.07) is 0. The van der Waals surface area contributed by atoms with Crippen LogP contribution in [-0.2, 0) is 0 Å². The third-order valence-electron chi connectivity index (χ3n) is 9.87. The van der Waals surface area contributed by atoms with Crippen molar-refractivity contribution in [3.63, 3.8) is 0 Å². The summed E-state index contributed by atoms with van der Waals surface area (Å²) in [5, 5.41) is 20.2. The van der Waals surface area contributed by atoms with Crippen molar-refractivity contribution in [2.45, 2.75) is 116 Å². The van der Waals surface area contributed by atoms with Crippen molar-refractivity contribution in [3.05, 3.63) is 11.6 Å². The highest BCUT2D eigenvalue weighted by Crippen LogP contribution is 2.66. The first kappa shape index (κ1) is 20.9. The topological polar surface area (TPSA) is 40.5 Å². The van der Waals surface area contributed by atoms with Gasteiger partial charge in [0.05, 0.1) is 11.7 Å². The van der Waals surface area contributed by atoms with Crippen LogP contribution in [0.5, 0.6) is 0 Å². The molecule has 0 bridgehead atoms. The highest BCUT2D eigenvalue weighted by molar-refractivity contribution is 5.25. The van der Waals surface area contributed by atoms with Gasteiger partial charge in [0.1, 0.15) is 0 Å². The molecule has 3 saturated carbocycles. The summed E-state index contributed by atoms with van der Waals surface area (Å²) < 4.78 is 0. The van der Waals surface area contributed by atoms with Crippen LogP contribution in [0.1, 0.15) is 105 Å². The third kappa shape index (κ3) is 3.62. The Hall–Kier alpha value is -0.340. The highest BCUT2D eigenvalue weighted by atomic mass is 16.3. The van der Waals surface area contributed by atoms with Gasteiger partial charge in [0.2, 0.25) is 0 Å². The molecule has 28 heavy (non-hydrogen) atoms. The minimum absolute atomic E-state index is 0.0931. The Morgan fingerprint density at radius 2 is 1.82 bits per heavy atom. The molecule has 3 fully saturated rings. The van der Waals surface area contributed by atoms with Gasteiger partial charge >= 0.3 is 0 Å². The predicted molar refractivity (Wildman–Crippen MR) is 116 cm³/mol. The molecule has 1 unspecified atom stereocenters. The van der Waals surface area contributed by atoms with Crippen LogP contribution in [0.15, 0.2) is 11.6 Å². The van der Waals surface area contributed by atoms with Crippen LogP contribution in [0.2, 0.25) is 0 Å². The molecule has 0 aliphatic heterocycles. The van der Waals surface area contributed by atoms with Gasteiger partial charge in [-0.25, -0.2) is 0 Å². The lowest BCUT2D eigenvalue weighted by Crippen LogP contribution is -2.50. The Kier molecular flexibility index (Phi) is 5.54. The maximum Gasteiger partial charge on any atom is 0.0591 e. The van der Waals surface area contributed by atoms with Gasteiger partial charge < -0.3 is 10.2 Å². The van der Waals surface area contributed by atoms with E-state index in [-0.39, 0.29) is 6.10 Å². The Morgan fingerprint density at radius 1 is 1.04 bits per heavy atom. The van der Waals surface area contributed by atoms with Crippen LogP contribution >= 0.6 is 0 Å². The van der Waals surface area contributed by atoms with Crippen molar-refractivity contribution in [3.8, 4) is 0 Å². The lowest BCUT2D eigenvalue weighted by atomic mass is 9.47. The van der Waals surface area contributed by atoms with E-state index in [9.17, 15) is 10.2 Å². The Bertz CT molecular complexity index is 602. The number of fused-ring (bicyclic) bond motifs is 5. The molecular formula is C26H44O2. The molecule has 0 saturated heterocycles. The average Bonchev–Trinajstić information content (AvgIpc) is 2.95. The molecule has 0 spiro atoms. The summed E-state index contributed by atoms with van der Waals surface area (Å²) >= 11 is 0. The molecule has 4 rings (SSSR count). The second-order valence-corrected chi connectivity index (χ2v) is 12.0. The van der Waals surface area contributed by atoms with E-state index < -0.39 is 5.60 Å². The lowest BCUT2D eigenvalue weighted by Gasteiger charge is -2.58. The second-order valence-electron chi connectivity index (χ2n) is 12.0. The largest absolute Gasteiger partial charge is 0.393 e. The number of aliphatic hydroxyl groups excluding tert-OH is 1. The zero-order chi connectivity index (χ0) is 20.2. The fourth-order valence-corrected chi connectivity index (χ4v) is 8.17. The molecule has 2 N–H and O–H groups in total. The number of rotatable bonds is 5. The third-order valence-corrected chi connectivity index (χ3v) is 9.87. The molecule has 0 radical (unpaired) electrons. The molecule has 0 amide bonds. The fourth-order valence-electron chi connectivity index (χ4n) is 8.17. The standard InChI is InChI=1S/C26H44O2/c1-24(2,28)14-6-5-7-18-9-11-22-21-10-8-19-17-20(27)12-15-26(19,4)23(21)13-16-25(18,22)3/h8,18,20-23,27-28H,5-7,9-17H2,1-4H3/t18-,20?,21-,22-,23-,25+,26-/m0/s1. The van der Waals surface area contributed by atoms with Gasteiger partial charge in [-0.05, 0) is 113 Å². The number of unbranched alkanes of at least 4 members (excludes halogenated alkanes) is 1. The first-order valence-corrected chi connectivity index (χ1v) is 12.2. The van der Waals surface area contributed by atoms with Gasteiger partial charge in [-0.2, -0.15) is 0 Å². The van der Waals surface area contributed by atoms with E-state index in [0.29, 0.717) is 10.8 Å². The molecule has 0 aromatic carbocycles.